The molecule has 0 amide bonds. The first-order chi connectivity index (χ1) is 14.0. The summed E-state index contributed by atoms with van der Waals surface area (Å²) in [5.74, 6) is 0. The highest BCUT2D eigenvalue weighted by Gasteiger charge is 2.09. The minimum absolute atomic E-state index is 0.153. The van der Waals surface area contributed by atoms with Gasteiger partial charge in [-0.3, -0.25) is 0 Å². The van der Waals surface area contributed by atoms with Gasteiger partial charge in [0, 0.05) is 47.8 Å². The lowest BCUT2D eigenvalue weighted by atomic mass is 10.0. The number of aliphatic hydroxyl groups excluding tert-OH is 2. The Kier molecular flexibility index (Phi) is 6.46. The van der Waals surface area contributed by atoms with Crippen molar-refractivity contribution in [2.24, 2.45) is 0 Å². The number of aliphatic hydroxyl groups is 2. The van der Waals surface area contributed by atoms with Crippen LogP contribution in [-0.2, 0) is 12.8 Å². The number of aryl methyl sites for hydroxylation is 3. The molecule has 0 saturated heterocycles. The van der Waals surface area contributed by atoms with Gasteiger partial charge in [0.2, 0.25) is 0 Å². The number of H-pyrrole nitrogens is 2. The van der Waals surface area contributed by atoms with Crippen molar-refractivity contribution in [1.82, 2.24) is 9.97 Å². The number of fused-ring (bicyclic) bond motifs is 2. The van der Waals surface area contributed by atoms with Crippen LogP contribution in [-0.4, -0.2) is 33.4 Å². The Morgan fingerprint density at radius 1 is 0.724 bits per heavy atom. The van der Waals surface area contributed by atoms with Gasteiger partial charge in [-0.25, -0.2) is 0 Å². The molecule has 154 valence electrons. The fourth-order valence-electron chi connectivity index (χ4n) is 3.76. The third-order valence-electron chi connectivity index (χ3n) is 5.30. The third-order valence-corrected chi connectivity index (χ3v) is 5.30. The van der Waals surface area contributed by atoms with Crippen molar-refractivity contribution in [1.29, 1.82) is 0 Å². The zero-order valence-corrected chi connectivity index (χ0v) is 17.0. The summed E-state index contributed by atoms with van der Waals surface area (Å²) in [6, 6.07) is 7.86. The zero-order chi connectivity index (χ0) is 21.0. The van der Waals surface area contributed by atoms with E-state index < -0.39 is 0 Å². The van der Waals surface area contributed by atoms with E-state index >= 15 is 0 Å². The van der Waals surface area contributed by atoms with Crippen LogP contribution in [0, 0.1) is 13.8 Å². The summed E-state index contributed by atoms with van der Waals surface area (Å²) in [5, 5.41) is 19.9. The average molecular weight is 395 g/mol. The van der Waals surface area contributed by atoms with E-state index in [1.807, 2.05) is 43.6 Å². The topological polar surface area (TPSA) is 124 Å². The molecule has 0 aliphatic heterocycles. The van der Waals surface area contributed by atoms with E-state index in [1.165, 1.54) is 16.7 Å². The maximum Gasteiger partial charge on any atom is 0.0507 e. The normalized spacial score (nSPS) is 11.0. The van der Waals surface area contributed by atoms with Crippen LogP contribution in [0.15, 0.2) is 36.7 Å². The molecule has 0 aliphatic carbocycles. The van der Waals surface area contributed by atoms with Crippen LogP contribution in [0.2, 0.25) is 0 Å². The number of aromatic amines is 2. The van der Waals surface area contributed by atoms with Crippen molar-refractivity contribution < 1.29 is 10.2 Å². The molecule has 6 heteroatoms. The lowest BCUT2D eigenvalue weighted by Crippen LogP contribution is -1.92. The number of nitrogens with one attached hydrogen (secondary N) is 2. The van der Waals surface area contributed by atoms with E-state index in [2.05, 4.69) is 16.9 Å². The van der Waals surface area contributed by atoms with E-state index in [-0.39, 0.29) is 13.2 Å². The monoisotopic (exact) mass is 394 g/mol. The molecule has 0 unspecified atom stereocenters. The van der Waals surface area contributed by atoms with Gasteiger partial charge in [0.15, 0.2) is 0 Å². The molecule has 0 atom stereocenters. The summed E-state index contributed by atoms with van der Waals surface area (Å²) in [6.07, 6.45) is 6.20. The molecule has 2 aromatic heterocycles. The average Bonchev–Trinajstić information content (AvgIpc) is 3.33. The van der Waals surface area contributed by atoms with E-state index in [9.17, 15) is 0 Å². The van der Waals surface area contributed by atoms with E-state index in [1.54, 1.807) is 0 Å². The molecule has 4 rings (SSSR count). The standard InChI is InChI=1S/C12H16N2O.C11H14N2O/c1-8-4-5-10(13)11-9(3-2-6-15)7-14-12(8)11;1-7-2-3-9(12)10-8(4-5-14)6-13-11(7)10/h4-5,7,14-15H,2-3,6,13H2,1H3;2-3,6,13-14H,4-5,12H2,1H3. The van der Waals surface area contributed by atoms with Crippen LogP contribution >= 0.6 is 0 Å². The Bertz CT molecular complexity index is 1110. The number of nitrogens with two attached hydrogens (primary N) is 2. The summed E-state index contributed by atoms with van der Waals surface area (Å²) >= 11 is 0. The van der Waals surface area contributed by atoms with Crippen LogP contribution in [0.5, 0.6) is 0 Å². The van der Waals surface area contributed by atoms with Gasteiger partial charge in [-0.05, 0) is 67.5 Å². The Morgan fingerprint density at radius 3 is 1.66 bits per heavy atom. The minimum Gasteiger partial charge on any atom is -0.398 e. The first-order valence-corrected chi connectivity index (χ1v) is 9.89. The van der Waals surface area contributed by atoms with Crippen LogP contribution < -0.4 is 11.5 Å². The maximum atomic E-state index is 8.90. The van der Waals surface area contributed by atoms with Crippen molar-refractivity contribution in [3.63, 3.8) is 0 Å². The molecule has 0 radical (unpaired) electrons. The largest absolute Gasteiger partial charge is 0.398 e. The second kappa shape index (κ2) is 9.03. The predicted molar refractivity (Wildman–Crippen MR) is 121 cm³/mol. The Balaban J connectivity index is 0.000000166. The lowest BCUT2D eigenvalue weighted by molar-refractivity contribution is 0.289. The van der Waals surface area contributed by atoms with E-state index in [4.69, 9.17) is 21.7 Å². The van der Waals surface area contributed by atoms with Crippen molar-refractivity contribution in [3.8, 4) is 0 Å². The highest BCUT2D eigenvalue weighted by atomic mass is 16.3. The first kappa shape index (κ1) is 20.8. The molecular weight excluding hydrogens is 364 g/mol. The predicted octanol–water partition coefficient (Wildman–Crippen LogP) is 3.58. The second-order valence-corrected chi connectivity index (χ2v) is 7.37. The van der Waals surface area contributed by atoms with Gasteiger partial charge >= 0.3 is 0 Å². The number of rotatable bonds is 5. The van der Waals surface area contributed by atoms with Crippen molar-refractivity contribution in [2.75, 3.05) is 24.7 Å². The summed E-state index contributed by atoms with van der Waals surface area (Å²) in [6.45, 7) is 4.48. The number of benzene rings is 2. The molecule has 6 nitrogen and oxygen atoms in total. The first-order valence-electron chi connectivity index (χ1n) is 9.89. The van der Waals surface area contributed by atoms with Crippen LogP contribution in [0.4, 0.5) is 11.4 Å². The number of hydrogen-bond donors (Lipinski definition) is 6. The molecule has 0 saturated carbocycles. The highest BCUT2D eigenvalue weighted by Crippen LogP contribution is 2.28. The SMILES string of the molecule is Cc1ccc(N)c2c(CCCO)c[nH]c12.Cc1ccc(N)c2c(CCO)c[nH]c12. The van der Waals surface area contributed by atoms with Crippen LogP contribution in [0.3, 0.4) is 0 Å². The summed E-state index contributed by atoms with van der Waals surface area (Å²) in [7, 11) is 0. The van der Waals surface area contributed by atoms with Crippen molar-refractivity contribution in [3.05, 3.63) is 58.9 Å². The van der Waals surface area contributed by atoms with Crippen molar-refractivity contribution in [2.45, 2.75) is 33.1 Å². The third kappa shape index (κ3) is 4.23. The molecule has 29 heavy (non-hydrogen) atoms. The molecule has 0 spiro atoms. The highest BCUT2D eigenvalue weighted by molar-refractivity contribution is 5.96. The fraction of sp³-hybridized carbons (Fsp3) is 0.304. The van der Waals surface area contributed by atoms with Gasteiger partial charge in [-0.2, -0.15) is 0 Å². The number of hydrogen-bond acceptors (Lipinski definition) is 4. The molecule has 2 aromatic carbocycles. The van der Waals surface area contributed by atoms with Gasteiger partial charge in [0.05, 0.1) is 11.0 Å². The molecule has 8 N–H and O–H groups in total. The molecule has 0 bridgehead atoms. The minimum atomic E-state index is 0.153. The van der Waals surface area contributed by atoms with Gasteiger partial charge in [-0.1, -0.05) is 12.1 Å². The fourth-order valence-corrected chi connectivity index (χ4v) is 3.76. The maximum absolute atomic E-state index is 8.90. The number of nitrogen functional groups attached to an aromatic ring is 2. The summed E-state index contributed by atoms with van der Waals surface area (Å²) < 4.78 is 0. The summed E-state index contributed by atoms with van der Waals surface area (Å²) in [5.41, 5.74) is 20.3. The zero-order valence-electron chi connectivity index (χ0n) is 17.0. The number of anilines is 2. The lowest BCUT2D eigenvalue weighted by Gasteiger charge is -2.03. The van der Waals surface area contributed by atoms with Crippen molar-refractivity contribution >= 4 is 33.2 Å². The van der Waals surface area contributed by atoms with Gasteiger partial charge in [-0.15, -0.1) is 0 Å². The molecule has 0 fully saturated rings. The Hall–Kier alpha value is -2.96. The Morgan fingerprint density at radius 2 is 1.21 bits per heavy atom. The molecule has 2 heterocycles. The summed E-state index contributed by atoms with van der Waals surface area (Å²) in [4.78, 5) is 6.44. The molecule has 0 aliphatic rings. The van der Waals surface area contributed by atoms with Gasteiger partial charge in [0.1, 0.15) is 0 Å². The molecular formula is C23H30N4O2. The van der Waals surface area contributed by atoms with Crippen LogP contribution in [0.1, 0.15) is 28.7 Å². The van der Waals surface area contributed by atoms with E-state index in [0.29, 0.717) is 6.42 Å². The number of aromatic nitrogens is 2. The van der Waals surface area contributed by atoms with E-state index in [0.717, 1.165) is 51.6 Å². The second-order valence-electron chi connectivity index (χ2n) is 7.37. The molecule has 4 aromatic rings. The van der Waals surface area contributed by atoms with Gasteiger partial charge < -0.3 is 31.6 Å². The smallest absolute Gasteiger partial charge is 0.0507 e. The van der Waals surface area contributed by atoms with Crippen LogP contribution in [0.25, 0.3) is 21.8 Å². The van der Waals surface area contributed by atoms with Gasteiger partial charge in [0.25, 0.3) is 0 Å². The quantitative estimate of drug-likeness (QED) is 0.289. The Labute approximate surface area is 170 Å².